The maximum absolute atomic E-state index is 11.9. The van der Waals surface area contributed by atoms with Gasteiger partial charge in [-0.05, 0) is 20.8 Å². The van der Waals surface area contributed by atoms with Crippen LogP contribution in [-0.2, 0) is 9.53 Å². The summed E-state index contributed by atoms with van der Waals surface area (Å²) < 4.78 is 40.4. The number of halogens is 3. The highest BCUT2D eigenvalue weighted by atomic mass is 19.4. The molecule has 0 aliphatic rings. The van der Waals surface area contributed by atoms with Gasteiger partial charge in [-0.2, -0.15) is 13.2 Å². The zero-order valence-corrected chi connectivity index (χ0v) is 10.8. The Hall–Kier alpha value is -1.51. The van der Waals surface area contributed by atoms with Gasteiger partial charge in [0.1, 0.15) is 18.2 Å². The van der Waals surface area contributed by atoms with Gasteiger partial charge in [0.25, 0.3) is 0 Å². The van der Waals surface area contributed by atoms with Crippen molar-refractivity contribution >= 4 is 12.0 Å². The molecular formula is C10H17F3N2O4. The fourth-order valence-electron chi connectivity index (χ4n) is 0.954. The summed E-state index contributed by atoms with van der Waals surface area (Å²) in [7, 11) is 0. The summed E-state index contributed by atoms with van der Waals surface area (Å²) in [6, 6.07) is -1.50. The van der Waals surface area contributed by atoms with Crippen LogP contribution in [0.15, 0.2) is 0 Å². The lowest BCUT2D eigenvalue weighted by Gasteiger charge is -2.22. The number of aliphatic hydroxyl groups excluding tert-OH is 1. The molecule has 0 aromatic rings. The van der Waals surface area contributed by atoms with E-state index in [1.807, 2.05) is 5.32 Å². The standard InChI is InChI=1S/C10H17F3N2O4/c1-9(2,3)19-8(18)15-6(4-16)7(17)14-5-10(11,12)13/h6,16H,4-5H2,1-3H3,(H,14,17)(H,15,18). The predicted octanol–water partition coefficient (Wildman–Crippen LogP) is 0.551. The van der Waals surface area contributed by atoms with Gasteiger partial charge in [0.05, 0.1) is 6.61 Å². The molecule has 0 spiro atoms. The second-order valence-corrected chi connectivity index (χ2v) is 4.71. The summed E-state index contributed by atoms with van der Waals surface area (Å²) in [5.41, 5.74) is -0.827. The van der Waals surface area contributed by atoms with Gasteiger partial charge >= 0.3 is 12.3 Å². The first-order valence-corrected chi connectivity index (χ1v) is 5.39. The molecular weight excluding hydrogens is 269 g/mol. The fourth-order valence-corrected chi connectivity index (χ4v) is 0.954. The Balaban J connectivity index is 4.34. The van der Waals surface area contributed by atoms with E-state index in [9.17, 15) is 22.8 Å². The second kappa shape index (κ2) is 6.60. The van der Waals surface area contributed by atoms with E-state index in [4.69, 9.17) is 9.84 Å². The molecule has 112 valence electrons. The van der Waals surface area contributed by atoms with Gasteiger partial charge in [0.15, 0.2) is 0 Å². The van der Waals surface area contributed by atoms with E-state index in [1.165, 1.54) is 0 Å². The molecule has 0 bridgehead atoms. The number of alkyl halides is 3. The minimum absolute atomic E-state index is 0.827. The van der Waals surface area contributed by atoms with E-state index < -0.39 is 43.0 Å². The van der Waals surface area contributed by atoms with Gasteiger partial charge in [0.2, 0.25) is 5.91 Å². The van der Waals surface area contributed by atoms with Crippen LogP contribution in [0.4, 0.5) is 18.0 Å². The zero-order valence-electron chi connectivity index (χ0n) is 10.8. The van der Waals surface area contributed by atoms with Crippen LogP contribution in [0, 0.1) is 0 Å². The number of hydrogen-bond donors (Lipinski definition) is 3. The number of carbonyl (C=O) groups excluding carboxylic acids is 2. The van der Waals surface area contributed by atoms with Crippen molar-refractivity contribution in [2.75, 3.05) is 13.2 Å². The SMILES string of the molecule is CC(C)(C)OC(=O)NC(CO)C(=O)NCC(F)(F)F. The van der Waals surface area contributed by atoms with E-state index in [-0.39, 0.29) is 0 Å². The molecule has 0 fully saturated rings. The molecule has 9 heteroatoms. The van der Waals surface area contributed by atoms with Crippen LogP contribution in [0.1, 0.15) is 20.8 Å². The van der Waals surface area contributed by atoms with Crippen LogP contribution in [0.25, 0.3) is 0 Å². The molecule has 19 heavy (non-hydrogen) atoms. The summed E-state index contributed by atoms with van der Waals surface area (Å²) in [6.07, 6.45) is -5.57. The van der Waals surface area contributed by atoms with E-state index in [1.54, 1.807) is 26.1 Å². The van der Waals surface area contributed by atoms with Crippen LogP contribution in [-0.4, -0.2) is 48.1 Å². The highest BCUT2D eigenvalue weighted by Crippen LogP contribution is 2.12. The van der Waals surface area contributed by atoms with E-state index >= 15 is 0 Å². The first kappa shape index (κ1) is 17.5. The molecule has 1 atom stereocenters. The van der Waals surface area contributed by atoms with Crippen LogP contribution in [0.5, 0.6) is 0 Å². The van der Waals surface area contributed by atoms with Crippen LogP contribution >= 0.6 is 0 Å². The average Bonchev–Trinajstić information content (AvgIpc) is 2.18. The van der Waals surface area contributed by atoms with Crippen molar-refractivity contribution in [2.45, 2.75) is 38.6 Å². The Kier molecular flexibility index (Phi) is 6.07. The molecule has 0 aliphatic carbocycles. The highest BCUT2D eigenvalue weighted by molar-refractivity contribution is 5.85. The molecule has 1 unspecified atom stereocenters. The van der Waals surface area contributed by atoms with Gasteiger partial charge in [-0.1, -0.05) is 0 Å². The normalized spacial score (nSPS) is 13.6. The Morgan fingerprint density at radius 2 is 1.79 bits per heavy atom. The molecule has 6 nitrogen and oxygen atoms in total. The zero-order chi connectivity index (χ0) is 15.3. The Bertz CT molecular complexity index is 326. The largest absolute Gasteiger partial charge is 0.444 e. The lowest BCUT2D eigenvalue weighted by Crippen LogP contribution is -2.51. The van der Waals surface area contributed by atoms with Crippen molar-refractivity contribution in [3.05, 3.63) is 0 Å². The van der Waals surface area contributed by atoms with Crippen molar-refractivity contribution in [2.24, 2.45) is 0 Å². The van der Waals surface area contributed by atoms with Crippen LogP contribution in [0.2, 0.25) is 0 Å². The molecule has 0 aromatic carbocycles. The number of nitrogens with one attached hydrogen (secondary N) is 2. The minimum Gasteiger partial charge on any atom is -0.444 e. The monoisotopic (exact) mass is 286 g/mol. The first-order valence-electron chi connectivity index (χ1n) is 5.39. The van der Waals surface area contributed by atoms with Gasteiger partial charge in [-0.3, -0.25) is 4.79 Å². The first-order chi connectivity index (χ1) is 8.44. The Labute approximate surface area is 108 Å². The van der Waals surface area contributed by atoms with Crippen molar-refractivity contribution in [3.63, 3.8) is 0 Å². The molecule has 0 rings (SSSR count). The molecule has 0 aromatic heterocycles. The summed E-state index contributed by atoms with van der Waals surface area (Å²) in [5, 5.41) is 12.4. The minimum atomic E-state index is -4.57. The third kappa shape index (κ3) is 9.11. The Morgan fingerprint density at radius 3 is 2.16 bits per heavy atom. The molecule has 0 saturated carbocycles. The lowest BCUT2D eigenvalue weighted by atomic mass is 10.2. The number of amides is 2. The van der Waals surface area contributed by atoms with E-state index in [0.717, 1.165) is 0 Å². The third-order valence-corrected chi connectivity index (χ3v) is 1.65. The number of aliphatic hydroxyl groups is 1. The van der Waals surface area contributed by atoms with Crippen LogP contribution < -0.4 is 10.6 Å². The molecule has 3 N–H and O–H groups in total. The molecule has 2 amide bonds. The second-order valence-electron chi connectivity index (χ2n) is 4.71. The summed E-state index contributed by atoms with van der Waals surface area (Å²) in [5.74, 6) is -1.15. The van der Waals surface area contributed by atoms with Gasteiger partial charge in [-0.25, -0.2) is 4.79 Å². The topological polar surface area (TPSA) is 87.7 Å². The number of carbonyl (C=O) groups is 2. The summed E-state index contributed by atoms with van der Waals surface area (Å²) in [6.45, 7) is 2.33. The molecule has 0 saturated heterocycles. The molecule has 0 radical (unpaired) electrons. The highest BCUT2D eigenvalue weighted by Gasteiger charge is 2.30. The number of ether oxygens (including phenoxy) is 1. The number of rotatable bonds is 4. The van der Waals surface area contributed by atoms with Gasteiger partial charge in [-0.15, -0.1) is 0 Å². The van der Waals surface area contributed by atoms with E-state index in [2.05, 4.69) is 0 Å². The molecule has 0 aliphatic heterocycles. The number of hydrogen-bond acceptors (Lipinski definition) is 4. The fraction of sp³-hybridized carbons (Fsp3) is 0.800. The van der Waals surface area contributed by atoms with Crippen molar-refractivity contribution < 1.29 is 32.6 Å². The summed E-state index contributed by atoms with van der Waals surface area (Å²) in [4.78, 5) is 22.6. The number of alkyl carbamates (subject to hydrolysis) is 1. The van der Waals surface area contributed by atoms with Gasteiger partial charge < -0.3 is 20.5 Å². The quantitative estimate of drug-likeness (QED) is 0.704. The molecule has 0 heterocycles. The predicted molar refractivity (Wildman–Crippen MR) is 59.3 cm³/mol. The van der Waals surface area contributed by atoms with Crippen molar-refractivity contribution in [3.8, 4) is 0 Å². The van der Waals surface area contributed by atoms with Gasteiger partial charge in [0, 0.05) is 0 Å². The maximum Gasteiger partial charge on any atom is 0.408 e. The smallest absolute Gasteiger partial charge is 0.408 e. The Morgan fingerprint density at radius 1 is 1.26 bits per heavy atom. The summed E-state index contributed by atoms with van der Waals surface area (Å²) >= 11 is 0. The van der Waals surface area contributed by atoms with Crippen molar-refractivity contribution in [1.82, 2.24) is 10.6 Å². The lowest BCUT2D eigenvalue weighted by molar-refractivity contribution is -0.140. The average molecular weight is 286 g/mol. The third-order valence-electron chi connectivity index (χ3n) is 1.65. The van der Waals surface area contributed by atoms with E-state index in [0.29, 0.717) is 0 Å². The van der Waals surface area contributed by atoms with Crippen LogP contribution in [0.3, 0.4) is 0 Å². The maximum atomic E-state index is 11.9. The van der Waals surface area contributed by atoms with Crippen molar-refractivity contribution in [1.29, 1.82) is 0 Å².